The zero-order chi connectivity index (χ0) is 10.7. The number of carbonyl (C=O) groups excluding carboxylic acids is 1. The fourth-order valence-electron chi connectivity index (χ4n) is 1.22. The van der Waals surface area contributed by atoms with Gasteiger partial charge in [-0.3, -0.25) is 9.48 Å². The predicted octanol–water partition coefficient (Wildman–Crippen LogP) is 1.32. The number of hydrogen-bond donors (Lipinski definition) is 0. The Bertz CT molecular complexity index is 445. The summed E-state index contributed by atoms with van der Waals surface area (Å²) in [5, 5.41) is 4.02. The van der Waals surface area contributed by atoms with Gasteiger partial charge in [-0.2, -0.15) is 5.10 Å². The van der Waals surface area contributed by atoms with Crippen LogP contribution in [0.15, 0.2) is 35.2 Å². The quantitative estimate of drug-likeness (QED) is 0.710. The summed E-state index contributed by atoms with van der Waals surface area (Å²) in [5.41, 5.74) is 0.837. The van der Waals surface area contributed by atoms with Gasteiger partial charge in [0.1, 0.15) is 12.3 Å². The normalized spacial score (nSPS) is 10.2. The molecule has 5 heteroatoms. The van der Waals surface area contributed by atoms with E-state index in [1.165, 1.54) is 11.8 Å². The molecule has 0 aliphatic rings. The van der Waals surface area contributed by atoms with Crippen molar-refractivity contribution in [2.45, 2.75) is 6.54 Å². The minimum atomic E-state index is -0.330. The van der Waals surface area contributed by atoms with E-state index in [1.54, 1.807) is 24.7 Å². The Labute approximate surface area is 86.3 Å². The van der Waals surface area contributed by atoms with Crippen molar-refractivity contribution in [1.29, 1.82) is 0 Å². The molecule has 0 fully saturated rings. The molecule has 0 amide bonds. The van der Waals surface area contributed by atoms with Crippen molar-refractivity contribution < 1.29 is 13.9 Å². The average Bonchev–Trinajstić information content (AvgIpc) is 2.85. The lowest BCUT2D eigenvalue weighted by Crippen LogP contribution is -2.11. The van der Waals surface area contributed by atoms with Gasteiger partial charge in [-0.15, -0.1) is 0 Å². The maximum atomic E-state index is 11.0. The molecule has 2 heterocycles. The fraction of sp³-hybridized carbons (Fsp3) is 0.200. The monoisotopic (exact) mass is 206 g/mol. The molecule has 2 aromatic heterocycles. The van der Waals surface area contributed by atoms with E-state index in [1.807, 2.05) is 6.07 Å². The van der Waals surface area contributed by atoms with Crippen molar-refractivity contribution in [2.75, 3.05) is 7.11 Å². The molecule has 0 N–H and O–H groups in total. The number of hydrogen-bond acceptors (Lipinski definition) is 4. The van der Waals surface area contributed by atoms with Gasteiger partial charge in [0, 0.05) is 6.20 Å². The van der Waals surface area contributed by atoms with Crippen LogP contribution in [0.3, 0.4) is 0 Å². The minimum Gasteiger partial charge on any atom is -0.468 e. The van der Waals surface area contributed by atoms with Crippen molar-refractivity contribution in [2.24, 2.45) is 0 Å². The number of rotatable bonds is 3. The van der Waals surface area contributed by atoms with Gasteiger partial charge >= 0.3 is 5.97 Å². The van der Waals surface area contributed by atoms with Gasteiger partial charge < -0.3 is 9.15 Å². The number of ether oxygens (including phenoxy) is 1. The van der Waals surface area contributed by atoms with E-state index < -0.39 is 0 Å². The van der Waals surface area contributed by atoms with Gasteiger partial charge in [-0.05, 0) is 12.1 Å². The second-order valence-corrected chi connectivity index (χ2v) is 2.98. The molecule has 2 rings (SSSR count). The zero-order valence-electron chi connectivity index (χ0n) is 8.21. The minimum absolute atomic E-state index is 0.108. The van der Waals surface area contributed by atoms with Crippen molar-refractivity contribution in [3.8, 4) is 11.3 Å². The van der Waals surface area contributed by atoms with Crippen LogP contribution >= 0.6 is 0 Å². The van der Waals surface area contributed by atoms with Crippen molar-refractivity contribution >= 4 is 5.97 Å². The average molecular weight is 206 g/mol. The summed E-state index contributed by atoms with van der Waals surface area (Å²) < 4.78 is 11.2. The van der Waals surface area contributed by atoms with Crippen LogP contribution < -0.4 is 0 Å². The lowest BCUT2D eigenvalue weighted by molar-refractivity contribution is -0.141. The van der Waals surface area contributed by atoms with Gasteiger partial charge in [-0.25, -0.2) is 0 Å². The van der Waals surface area contributed by atoms with Crippen LogP contribution in [0.2, 0.25) is 0 Å². The molecule has 5 nitrogen and oxygen atoms in total. The van der Waals surface area contributed by atoms with Crippen molar-refractivity contribution in [3.05, 3.63) is 30.8 Å². The summed E-state index contributed by atoms with van der Waals surface area (Å²) in [6.45, 7) is 0.108. The van der Waals surface area contributed by atoms with Crippen LogP contribution in [0, 0.1) is 0 Å². The first-order chi connectivity index (χ1) is 7.29. The molecule has 0 saturated carbocycles. The smallest absolute Gasteiger partial charge is 0.327 e. The van der Waals surface area contributed by atoms with Gasteiger partial charge in [0.2, 0.25) is 0 Å². The first-order valence-corrected chi connectivity index (χ1v) is 4.43. The van der Waals surface area contributed by atoms with Crippen LogP contribution in [0.4, 0.5) is 0 Å². The second-order valence-electron chi connectivity index (χ2n) is 2.98. The highest BCUT2D eigenvalue weighted by molar-refractivity contribution is 5.69. The third-order valence-electron chi connectivity index (χ3n) is 1.96. The molecule has 2 aromatic rings. The first kappa shape index (κ1) is 9.51. The van der Waals surface area contributed by atoms with Crippen LogP contribution in [-0.4, -0.2) is 22.9 Å². The Balaban J connectivity index is 2.14. The Morgan fingerprint density at radius 2 is 2.53 bits per heavy atom. The second kappa shape index (κ2) is 4.00. The highest BCUT2D eigenvalue weighted by atomic mass is 16.5. The van der Waals surface area contributed by atoms with Gasteiger partial charge in [0.05, 0.1) is 25.1 Å². The van der Waals surface area contributed by atoms with E-state index in [2.05, 4.69) is 9.84 Å². The Morgan fingerprint density at radius 1 is 1.67 bits per heavy atom. The summed E-state index contributed by atoms with van der Waals surface area (Å²) in [7, 11) is 1.35. The Hall–Kier alpha value is -2.04. The SMILES string of the molecule is COC(=O)Cn1cc(-c2ccco2)cn1. The summed E-state index contributed by atoms with van der Waals surface area (Å²) >= 11 is 0. The summed E-state index contributed by atoms with van der Waals surface area (Å²) in [6, 6.07) is 3.63. The lowest BCUT2D eigenvalue weighted by atomic mass is 10.3. The standard InChI is InChI=1S/C10H10N2O3/c1-14-10(13)7-12-6-8(5-11-12)9-3-2-4-15-9/h2-6H,7H2,1H3. The zero-order valence-corrected chi connectivity index (χ0v) is 8.21. The molecular weight excluding hydrogens is 196 g/mol. The Kier molecular flexibility index (Phi) is 2.53. The highest BCUT2D eigenvalue weighted by Crippen LogP contribution is 2.18. The van der Waals surface area contributed by atoms with Gasteiger partial charge in [-0.1, -0.05) is 0 Å². The lowest BCUT2D eigenvalue weighted by Gasteiger charge is -1.97. The maximum absolute atomic E-state index is 11.0. The largest absolute Gasteiger partial charge is 0.468 e. The number of methoxy groups -OCH3 is 1. The molecule has 0 radical (unpaired) electrons. The summed E-state index contributed by atoms with van der Waals surface area (Å²) in [4.78, 5) is 11.0. The molecule has 0 saturated heterocycles. The molecule has 0 aliphatic carbocycles. The van der Waals surface area contributed by atoms with Crippen molar-refractivity contribution in [1.82, 2.24) is 9.78 Å². The van der Waals surface area contributed by atoms with E-state index in [9.17, 15) is 4.79 Å². The number of furan rings is 1. The summed E-state index contributed by atoms with van der Waals surface area (Å²) in [5.74, 6) is 0.398. The van der Waals surface area contributed by atoms with Crippen LogP contribution in [-0.2, 0) is 16.1 Å². The van der Waals surface area contributed by atoms with Gasteiger partial charge in [0.25, 0.3) is 0 Å². The molecule has 0 unspecified atom stereocenters. The van der Waals surface area contributed by atoms with E-state index >= 15 is 0 Å². The molecule has 78 valence electrons. The first-order valence-electron chi connectivity index (χ1n) is 4.43. The number of carbonyl (C=O) groups is 1. The molecular formula is C10H10N2O3. The fourth-order valence-corrected chi connectivity index (χ4v) is 1.22. The van der Waals surface area contributed by atoms with Crippen LogP contribution in [0.1, 0.15) is 0 Å². The van der Waals surface area contributed by atoms with E-state index in [0.29, 0.717) is 0 Å². The topological polar surface area (TPSA) is 57.3 Å². The van der Waals surface area contributed by atoms with Crippen LogP contribution in [0.25, 0.3) is 11.3 Å². The number of esters is 1. The van der Waals surface area contributed by atoms with E-state index in [4.69, 9.17) is 4.42 Å². The molecule has 15 heavy (non-hydrogen) atoms. The third-order valence-corrected chi connectivity index (χ3v) is 1.96. The molecule has 0 spiro atoms. The van der Waals surface area contributed by atoms with Crippen LogP contribution in [0.5, 0.6) is 0 Å². The predicted molar refractivity (Wildman–Crippen MR) is 51.9 cm³/mol. The number of nitrogens with zero attached hydrogens (tertiary/aromatic N) is 2. The molecule has 0 bridgehead atoms. The molecule has 0 aromatic carbocycles. The molecule has 0 aliphatic heterocycles. The van der Waals surface area contributed by atoms with E-state index in [0.717, 1.165) is 11.3 Å². The number of aromatic nitrogens is 2. The molecule has 0 atom stereocenters. The van der Waals surface area contributed by atoms with Crippen molar-refractivity contribution in [3.63, 3.8) is 0 Å². The highest BCUT2D eigenvalue weighted by Gasteiger charge is 2.06. The Morgan fingerprint density at radius 3 is 3.20 bits per heavy atom. The van der Waals surface area contributed by atoms with Gasteiger partial charge in [0.15, 0.2) is 0 Å². The maximum Gasteiger partial charge on any atom is 0.327 e. The third kappa shape index (κ3) is 2.07. The summed E-state index contributed by atoms with van der Waals surface area (Å²) in [6.07, 6.45) is 4.96. The van der Waals surface area contributed by atoms with E-state index in [-0.39, 0.29) is 12.5 Å².